The van der Waals surface area contributed by atoms with Gasteiger partial charge in [0.2, 0.25) is 3.79 Å². The molecule has 0 aliphatic heterocycles. The van der Waals surface area contributed by atoms with Crippen LogP contribution in [0.15, 0.2) is 24.5 Å². The average molecular weight is 335 g/mol. The summed E-state index contributed by atoms with van der Waals surface area (Å²) < 4.78 is 8.67. The number of hydrogen-bond donors (Lipinski definition) is 0. The van der Waals surface area contributed by atoms with E-state index < -0.39 is 3.79 Å². The van der Waals surface area contributed by atoms with Crippen LogP contribution in [-0.4, -0.2) is 29.2 Å². The van der Waals surface area contributed by atoms with E-state index in [-0.39, 0.29) is 5.82 Å². The van der Waals surface area contributed by atoms with E-state index in [4.69, 9.17) is 44.3 Å². The Kier molecular flexibility index (Phi) is 4.52. The van der Waals surface area contributed by atoms with Crippen LogP contribution in [0.25, 0.3) is 11.4 Å². The van der Waals surface area contributed by atoms with Gasteiger partial charge in [-0.25, -0.2) is 15.0 Å². The molecule has 0 saturated carbocycles. The lowest BCUT2D eigenvalue weighted by Crippen LogP contribution is -2.08. The summed E-state index contributed by atoms with van der Waals surface area (Å²) >= 11 is 17.3. The molecule has 0 saturated heterocycles. The Hall–Kier alpha value is -1.30. The van der Waals surface area contributed by atoms with Crippen molar-refractivity contribution >= 4 is 34.8 Å². The Morgan fingerprint density at radius 3 is 2.05 bits per heavy atom. The van der Waals surface area contributed by atoms with Crippen molar-refractivity contribution in [2.75, 3.05) is 14.2 Å². The molecule has 0 aliphatic rings. The van der Waals surface area contributed by atoms with E-state index in [0.717, 1.165) is 0 Å². The lowest BCUT2D eigenvalue weighted by molar-refractivity contribution is 0.394. The summed E-state index contributed by atoms with van der Waals surface area (Å²) in [4.78, 5) is 12.0. The summed E-state index contributed by atoms with van der Waals surface area (Å²) in [7, 11) is 3.11. The number of alkyl halides is 3. The van der Waals surface area contributed by atoms with Crippen molar-refractivity contribution in [3.05, 3.63) is 30.4 Å². The van der Waals surface area contributed by atoms with Crippen LogP contribution in [0.3, 0.4) is 0 Å². The van der Waals surface area contributed by atoms with E-state index in [9.17, 15) is 0 Å². The van der Waals surface area contributed by atoms with Crippen molar-refractivity contribution in [1.29, 1.82) is 0 Å². The molecule has 2 aromatic rings. The molecular formula is C12H10Cl3N3O2. The third kappa shape index (κ3) is 3.42. The number of halogens is 3. The summed E-state index contributed by atoms with van der Waals surface area (Å²) in [5.41, 5.74) is 0.666. The van der Waals surface area contributed by atoms with Crippen molar-refractivity contribution < 1.29 is 9.47 Å². The number of rotatable bonds is 3. The molecule has 2 rings (SSSR count). The molecule has 1 heterocycles. The third-order valence-corrected chi connectivity index (χ3v) is 2.94. The molecule has 0 bridgehead atoms. The highest BCUT2D eigenvalue weighted by Gasteiger charge is 2.27. The summed E-state index contributed by atoms with van der Waals surface area (Å²) in [6.45, 7) is 0. The first-order valence-corrected chi connectivity index (χ1v) is 6.57. The number of benzene rings is 1. The smallest absolute Gasteiger partial charge is 0.250 e. The van der Waals surface area contributed by atoms with Crippen LogP contribution in [-0.2, 0) is 3.79 Å². The van der Waals surface area contributed by atoms with E-state index in [0.29, 0.717) is 22.9 Å². The van der Waals surface area contributed by atoms with Crippen LogP contribution >= 0.6 is 34.8 Å². The van der Waals surface area contributed by atoms with Crippen molar-refractivity contribution in [3.8, 4) is 22.9 Å². The van der Waals surface area contributed by atoms with Gasteiger partial charge >= 0.3 is 0 Å². The number of methoxy groups -OCH3 is 2. The second-order valence-electron chi connectivity index (χ2n) is 3.73. The minimum atomic E-state index is -1.71. The van der Waals surface area contributed by atoms with Crippen molar-refractivity contribution in [1.82, 2.24) is 15.0 Å². The van der Waals surface area contributed by atoms with Gasteiger partial charge in [-0.15, -0.1) is 0 Å². The second-order valence-corrected chi connectivity index (χ2v) is 6.01. The molecule has 5 nitrogen and oxygen atoms in total. The lowest BCUT2D eigenvalue weighted by Gasteiger charge is -2.11. The van der Waals surface area contributed by atoms with Crippen LogP contribution in [0.1, 0.15) is 5.82 Å². The maximum atomic E-state index is 5.76. The highest BCUT2D eigenvalue weighted by Crippen LogP contribution is 2.36. The molecular weight excluding hydrogens is 325 g/mol. The molecule has 106 valence electrons. The molecule has 0 aliphatic carbocycles. The Bertz CT molecular complexity index is 595. The Labute approximate surface area is 130 Å². The zero-order chi connectivity index (χ0) is 14.8. The van der Waals surface area contributed by atoms with Gasteiger partial charge in [-0.3, -0.25) is 0 Å². The predicted octanol–water partition coefficient (Wildman–Crippen LogP) is 3.38. The van der Waals surface area contributed by atoms with E-state index >= 15 is 0 Å². The van der Waals surface area contributed by atoms with Crippen LogP contribution < -0.4 is 9.47 Å². The monoisotopic (exact) mass is 333 g/mol. The molecule has 8 heteroatoms. The maximum Gasteiger partial charge on any atom is 0.250 e. The van der Waals surface area contributed by atoms with E-state index in [2.05, 4.69) is 15.0 Å². The Balaban J connectivity index is 2.51. The normalized spacial score (nSPS) is 11.2. The quantitative estimate of drug-likeness (QED) is 0.805. The molecule has 0 atom stereocenters. The lowest BCUT2D eigenvalue weighted by atomic mass is 10.2. The minimum Gasteiger partial charge on any atom is -0.497 e. The minimum absolute atomic E-state index is 0.0503. The summed E-state index contributed by atoms with van der Waals surface area (Å²) in [5.74, 6) is 1.62. The summed E-state index contributed by atoms with van der Waals surface area (Å²) in [6, 6.07) is 5.24. The topological polar surface area (TPSA) is 57.1 Å². The predicted molar refractivity (Wildman–Crippen MR) is 77.6 cm³/mol. The molecule has 0 N–H and O–H groups in total. The fourth-order valence-electron chi connectivity index (χ4n) is 1.51. The molecule has 0 radical (unpaired) electrons. The first kappa shape index (κ1) is 15.1. The molecule has 0 fully saturated rings. The first-order valence-electron chi connectivity index (χ1n) is 5.43. The number of aromatic nitrogens is 3. The van der Waals surface area contributed by atoms with Crippen molar-refractivity contribution in [2.45, 2.75) is 3.79 Å². The zero-order valence-corrected chi connectivity index (χ0v) is 12.9. The standard InChI is InChI=1S/C12H10Cl3N3O2/c1-19-8-3-7(4-9(5-8)20-2)10-16-6-17-11(18-10)12(13,14)15/h3-6H,1-2H3. The molecule has 0 spiro atoms. The number of nitrogens with zero attached hydrogens (tertiary/aromatic N) is 3. The Morgan fingerprint density at radius 1 is 0.950 bits per heavy atom. The van der Waals surface area contributed by atoms with Crippen LogP contribution in [0.5, 0.6) is 11.5 Å². The van der Waals surface area contributed by atoms with Gasteiger partial charge in [0.1, 0.15) is 17.8 Å². The fraction of sp³-hybridized carbons (Fsp3) is 0.250. The maximum absolute atomic E-state index is 5.76. The molecule has 1 aromatic heterocycles. The van der Waals surface area contributed by atoms with Gasteiger partial charge in [0.25, 0.3) is 0 Å². The third-order valence-electron chi connectivity index (χ3n) is 2.44. The van der Waals surface area contributed by atoms with Gasteiger partial charge in [0, 0.05) is 11.6 Å². The van der Waals surface area contributed by atoms with Crippen LogP contribution in [0, 0.1) is 0 Å². The number of ether oxygens (including phenoxy) is 2. The van der Waals surface area contributed by atoms with Gasteiger partial charge in [0.05, 0.1) is 14.2 Å². The van der Waals surface area contributed by atoms with E-state index in [1.54, 1.807) is 32.4 Å². The van der Waals surface area contributed by atoms with Gasteiger partial charge < -0.3 is 9.47 Å². The number of hydrogen-bond acceptors (Lipinski definition) is 5. The fourth-order valence-corrected chi connectivity index (χ4v) is 1.78. The average Bonchev–Trinajstić information content (AvgIpc) is 2.46. The molecule has 0 amide bonds. The van der Waals surface area contributed by atoms with Gasteiger partial charge in [-0.05, 0) is 12.1 Å². The van der Waals surface area contributed by atoms with Gasteiger partial charge in [-0.1, -0.05) is 34.8 Å². The Morgan fingerprint density at radius 2 is 1.55 bits per heavy atom. The summed E-state index contributed by atoms with van der Waals surface area (Å²) in [5, 5.41) is 0. The molecule has 20 heavy (non-hydrogen) atoms. The van der Waals surface area contributed by atoms with Gasteiger partial charge in [-0.2, -0.15) is 0 Å². The molecule has 1 aromatic carbocycles. The molecule has 0 unspecified atom stereocenters. The highest BCUT2D eigenvalue weighted by molar-refractivity contribution is 6.66. The van der Waals surface area contributed by atoms with Crippen molar-refractivity contribution in [2.24, 2.45) is 0 Å². The largest absolute Gasteiger partial charge is 0.497 e. The second kappa shape index (κ2) is 5.99. The van der Waals surface area contributed by atoms with E-state index in [1.165, 1.54) is 6.33 Å². The SMILES string of the molecule is COc1cc(OC)cc(-c2ncnc(C(Cl)(Cl)Cl)n2)c1. The summed E-state index contributed by atoms with van der Waals surface area (Å²) in [6.07, 6.45) is 1.28. The highest BCUT2D eigenvalue weighted by atomic mass is 35.6. The van der Waals surface area contributed by atoms with Crippen molar-refractivity contribution in [3.63, 3.8) is 0 Å². The van der Waals surface area contributed by atoms with Crippen LogP contribution in [0.4, 0.5) is 0 Å². The van der Waals surface area contributed by atoms with Gasteiger partial charge in [0.15, 0.2) is 11.6 Å². The zero-order valence-electron chi connectivity index (χ0n) is 10.6. The van der Waals surface area contributed by atoms with Crippen LogP contribution in [0.2, 0.25) is 0 Å². The first-order chi connectivity index (χ1) is 9.44. The van der Waals surface area contributed by atoms with E-state index in [1.807, 2.05) is 0 Å².